The van der Waals surface area contributed by atoms with Crippen LogP contribution >= 0.6 is 27.7 Å². The summed E-state index contributed by atoms with van der Waals surface area (Å²) >= 11 is 4.90. The molecule has 4 nitrogen and oxygen atoms in total. The van der Waals surface area contributed by atoms with Gasteiger partial charge in [0, 0.05) is 27.7 Å². The SMILES string of the molecule is CC(=O)Nc1ccc(SCC(=O)Nc2ccc(C)c(Br)c2)cc1. The Morgan fingerprint density at radius 1 is 1.04 bits per heavy atom. The molecule has 0 bridgehead atoms. The molecule has 2 amide bonds. The molecular formula is C17H17BrN2O2S. The molecule has 0 spiro atoms. The van der Waals surface area contributed by atoms with E-state index < -0.39 is 0 Å². The van der Waals surface area contributed by atoms with Crippen molar-refractivity contribution in [2.24, 2.45) is 0 Å². The second kappa shape index (κ2) is 8.17. The minimum Gasteiger partial charge on any atom is -0.326 e. The molecule has 0 aliphatic rings. The summed E-state index contributed by atoms with van der Waals surface area (Å²) in [6, 6.07) is 13.1. The number of nitrogens with one attached hydrogen (secondary N) is 2. The third-order valence-corrected chi connectivity index (χ3v) is 4.87. The number of anilines is 2. The van der Waals surface area contributed by atoms with Gasteiger partial charge in [-0.25, -0.2) is 0 Å². The topological polar surface area (TPSA) is 58.2 Å². The highest BCUT2D eigenvalue weighted by atomic mass is 79.9. The summed E-state index contributed by atoms with van der Waals surface area (Å²) < 4.78 is 0.969. The molecule has 0 fully saturated rings. The number of thioether (sulfide) groups is 1. The van der Waals surface area contributed by atoms with Gasteiger partial charge in [-0.1, -0.05) is 22.0 Å². The van der Waals surface area contributed by atoms with Crippen molar-refractivity contribution < 1.29 is 9.59 Å². The Labute approximate surface area is 148 Å². The van der Waals surface area contributed by atoms with Crippen molar-refractivity contribution in [2.45, 2.75) is 18.7 Å². The van der Waals surface area contributed by atoms with Crippen molar-refractivity contribution in [3.05, 3.63) is 52.5 Å². The van der Waals surface area contributed by atoms with E-state index in [4.69, 9.17) is 0 Å². The number of hydrogen-bond acceptors (Lipinski definition) is 3. The summed E-state index contributed by atoms with van der Waals surface area (Å²) in [5.74, 6) is 0.163. The van der Waals surface area contributed by atoms with Gasteiger partial charge in [0.1, 0.15) is 0 Å². The fraction of sp³-hybridized carbons (Fsp3) is 0.176. The zero-order chi connectivity index (χ0) is 16.8. The smallest absolute Gasteiger partial charge is 0.234 e. The molecule has 0 aliphatic heterocycles. The van der Waals surface area contributed by atoms with Gasteiger partial charge in [-0.05, 0) is 48.9 Å². The van der Waals surface area contributed by atoms with E-state index in [9.17, 15) is 9.59 Å². The summed E-state index contributed by atoms with van der Waals surface area (Å²) in [6.07, 6.45) is 0. The van der Waals surface area contributed by atoms with Crippen LogP contribution in [-0.4, -0.2) is 17.6 Å². The molecule has 0 radical (unpaired) electrons. The standard InChI is InChI=1S/C17H17BrN2O2S/c1-11-3-4-14(9-16(11)18)20-17(22)10-23-15-7-5-13(6-8-15)19-12(2)21/h3-9H,10H2,1-2H3,(H,19,21)(H,20,22). The summed E-state index contributed by atoms with van der Waals surface area (Å²) in [5.41, 5.74) is 2.64. The number of carbonyl (C=O) groups excluding carboxylic acids is 2. The van der Waals surface area contributed by atoms with Crippen LogP contribution in [0.25, 0.3) is 0 Å². The molecule has 0 saturated heterocycles. The molecular weight excluding hydrogens is 376 g/mol. The van der Waals surface area contributed by atoms with Crippen molar-refractivity contribution in [3.63, 3.8) is 0 Å². The van der Waals surface area contributed by atoms with Gasteiger partial charge in [0.05, 0.1) is 5.75 Å². The quantitative estimate of drug-likeness (QED) is 0.739. The molecule has 0 heterocycles. The van der Waals surface area contributed by atoms with E-state index in [1.54, 1.807) is 0 Å². The Bertz CT molecular complexity index is 717. The van der Waals surface area contributed by atoms with Gasteiger partial charge >= 0.3 is 0 Å². The zero-order valence-corrected chi connectivity index (χ0v) is 15.3. The van der Waals surface area contributed by atoms with Gasteiger partial charge in [-0.2, -0.15) is 0 Å². The van der Waals surface area contributed by atoms with E-state index in [0.717, 1.165) is 26.3 Å². The maximum Gasteiger partial charge on any atom is 0.234 e. The predicted molar refractivity (Wildman–Crippen MR) is 99.0 cm³/mol. The van der Waals surface area contributed by atoms with Gasteiger partial charge < -0.3 is 10.6 Å². The molecule has 0 unspecified atom stereocenters. The highest BCUT2D eigenvalue weighted by molar-refractivity contribution is 9.10. The Morgan fingerprint density at radius 3 is 2.30 bits per heavy atom. The first-order valence-electron chi connectivity index (χ1n) is 7.00. The minimum atomic E-state index is -0.103. The zero-order valence-electron chi connectivity index (χ0n) is 12.9. The van der Waals surface area contributed by atoms with Gasteiger partial charge in [0.15, 0.2) is 0 Å². The lowest BCUT2D eigenvalue weighted by Crippen LogP contribution is -2.14. The van der Waals surface area contributed by atoms with Crippen molar-refractivity contribution >= 4 is 50.9 Å². The van der Waals surface area contributed by atoms with Crippen molar-refractivity contribution in [2.75, 3.05) is 16.4 Å². The lowest BCUT2D eigenvalue weighted by molar-refractivity contribution is -0.114. The fourth-order valence-electron chi connectivity index (χ4n) is 1.85. The fourth-order valence-corrected chi connectivity index (χ4v) is 2.93. The molecule has 2 N–H and O–H groups in total. The molecule has 2 aromatic rings. The van der Waals surface area contributed by atoms with Crippen LogP contribution in [0.2, 0.25) is 0 Å². The van der Waals surface area contributed by atoms with Crippen LogP contribution in [-0.2, 0) is 9.59 Å². The molecule has 0 atom stereocenters. The Balaban J connectivity index is 1.86. The van der Waals surface area contributed by atoms with Gasteiger partial charge in [0.25, 0.3) is 0 Å². The predicted octanol–water partition coefficient (Wildman–Crippen LogP) is 4.45. The summed E-state index contributed by atoms with van der Waals surface area (Å²) in [4.78, 5) is 23.9. The normalized spacial score (nSPS) is 10.2. The Kier molecular flexibility index (Phi) is 6.24. The first kappa shape index (κ1) is 17.6. The molecule has 0 aromatic heterocycles. The van der Waals surface area contributed by atoms with E-state index in [1.807, 2.05) is 49.4 Å². The number of hydrogen-bond donors (Lipinski definition) is 2. The molecule has 0 saturated carbocycles. The number of rotatable bonds is 5. The van der Waals surface area contributed by atoms with Gasteiger partial charge in [-0.3, -0.25) is 9.59 Å². The maximum absolute atomic E-state index is 12.0. The summed E-state index contributed by atoms with van der Waals surface area (Å²) in [7, 11) is 0. The average Bonchev–Trinajstić information content (AvgIpc) is 2.50. The van der Waals surface area contributed by atoms with Crippen molar-refractivity contribution in [1.82, 2.24) is 0 Å². The van der Waals surface area contributed by atoms with Crippen LogP contribution in [0.4, 0.5) is 11.4 Å². The van der Waals surface area contributed by atoms with E-state index >= 15 is 0 Å². The number of benzene rings is 2. The van der Waals surface area contributed by atoms with E-state index in [1.165, 1.54) is 18.7 Å². The van der Waals surface area contributed by atoms with Crippen LogP contribution in [0, 0.1) is 6.92 Å². The first-order chi connectivity index (χ1) is 10.9. The van der Waals surface area contributed by atoms with E-state index in [-0.39, 0.29) is 11.8 Å². The third-order valence-electron chi connectivity index (χ3n) is 3.00. The molecule has 2 rings (SSSR count). The second-order valence-corrected chi connectivity index (χ2v) is 6.91. The van der Waals surface area contributed by atoms with Crippen molar-refractivity contribution in [3.8, 4) is 0 Å². The van der Waals surface area contributed by atoms with E-state index in [2.05, 4.69) is 26.6 Å². The van der Waals surface area contributed by atoms with Crippen LogP contribution in [0.15, 0.2) is 51.8 Å². The van der Waals surface area contributed by atoms with Crippen LogP contribution in [0.3, 0.4) is 0 Å². The van der Waals surface area contributed by atoms with Crippen molar-refractivity contribution in [1.29, 1.82) is 0 Å². The molecule has 23 heavy (non-hydrogen) atoms. The first-order valence-corrected chi connectivity index (χ1v) is 8.78. The van der Waals surface area contributed by atoms with Gasteiger partial charge in [-0.15, -0.1) is 11.8 Å². The molecule has 120 valence electrons. The largest absolute Gasteiger partial charge is 0.326 e. The van der Waals surface area contributed by atoms with Gasteiger partial charge in [0.2, 0.25) is 11.8 Å². The third kappa shape index (κ3) is 5.73. The number of halogens is 1. The summed E-state index contributed by atoms with van der Waals surface area (Å²) in [5, 5.41) is 5.58. The maximum atomic E-state index is 12.0. The highest BCUT2D eigenvalue weighted by Crippen LogP contribution is 2.22. The Hall–Kier alpha value is -1.79. The highest BCUT2D eigenvalue weighted by Gasteiger charge is 2.05. The number of aryl methyl sites for hydroxylation is 1. The summed E-state index contributed by atoms with van der Waals surface area (Å²) in [6.45, 7) is 3.46. The monoisotopic (exact) mass is 392 g/mol. The number of amides is 2. The van der Waals surface area contributed by atoms with Crippen LogP contribution in [0.5, 0.6) is 0 Å². The lowest BCUT2D eigenvalue weighted by atomic mass is 10.2. The lowest BCUT2D eigenvalue weighted by Gasteiger charge is -2.07. The average molecular weight is 393 g/mol. The number of carbonyl (C=O) groups is 2. The molecule has 0 aliphatic carbocycles. The minimum absolute atomic E-state index is 0.0586. The van der Waals surface area contributed by atoms with E-state index in [0.29, 0.717) is 5.75 Å². The second-order valence-electron chi connectivity index (χ2n) is 5.01. The van der Waals surface area contributed by atoms with Crippen LogP contribution < -0.4 is 10.6 Å². The molecule has 2 aromatic carbocycles. The Morgan fingerprint density at radius 2 is 1.70 bits per heavy atom. The van der Waals surface area contributed by atoms with Crippen LogP contribution in [0.1, 0.15) is 12.5 Å². The molecule has 6 heteroatoms.